The van der Waals surface area contributed by atoms with Crippen molar-refractivity contribution in [3.63, 3.8) is 0 Å². The van der Waals surface area contributed by atoms with Crippen LogP contribution in [-0.4, -0.2) is 23.2 Å². The highest BCUT2D eigenvalue weighted by Gasteiger charge is 2.57. The predicted octanol–water partition coefficient (Wildman–Crippen LogP) is 2.67. The lowest BCUT2D eigenvalue weighted by molar-refractivity contribution is -0.383. The van der Waals surface area contributed by atoms with Crippen LogP contribution in [0.15, 0.2) is 18.2 Å². The molecule has 0 aliphatic carbocycles. The zero-order valence-electron chi connectivity index (χ0n) is 12.8. The van der Waals surface area contributed by atoms with Gasteiger partial charge in [-0.3, -0.25) is 10.1 Å². The maximum Gasteiger partial charge on any atom is 0.502 e. The Morgan fingerprint density at radius 1 is 1.29 bits per heavy atom. The predicted molar refractivity (Wildman–Crippen MR) is 77.9 cm³/mol. The highest BCUT2D eigenvalue weighted by Crippen LogP contribution is 2.42. The van der Waals surface area contributed by atoms with Gasteiger partial charge in [0.1, 0.15) is 5.82 Å². The van der Waals surface area contributed by atoms with Crippen molar-refractivity contribution in [1.82, 2.24) is 0 Å². The van der Waals surface area contributed by atoms with Gasteiger partial charge in [0.05, 0.1) is 21.6 Å². The fourth-order valence-electron chi connectivity index (χ4n) is 2.61. The molecule has 0 spiro atoms. The van der Waals surface area contributed by atoms with Crippen molar-refractivity contribution in [3.8, 4) is 0 Å². The fourth-order valence-corrected chi connectivity index (χ4v) is 2.61. The second-order valence-electron chi connectivity index (χ2n) is 6.30. The van der Waals surface area contributed by atoms with E-state index in [0.717, 1.165) is 18.2 Å². The summed E-state index contributed by atoms with van der Waals surface area (Å²) < 4.78 is 25.3. The van der Waals surface area contributed by atoms with Gasteiger partial charge in [-0.05, 0) is 38.8 Å². The number of nitro benzene ring substituents is 1. The summed E-state index contributed by atoms with van der Waals surface area (Å²) in [5, 5.41) is 11.1. The largest absolute Gasteiger partial charge is 0.502 e. The van der Waals surface area contributed by atoms with Crippen molar-refractivity contribution in [2.24, 2.45) is 5.92 Å². The molecule has 1 aliphatic heterocycles. The summed E-state index contributed by atoms with van der Waals surface area (Å²) in [6, 6.07) is 3.30. The normalized spacial score (nSPS) is 24.6. The number of nitro groups is 1. The zero-order chi connectivity index (χ0) is 16.0. The number of halogens is 1. The van der Waals surface area contributed by atoms with E-state index in [4.69, 9.17) is 9.31 Å². The quantitative estimate of drug-likeness (QED) is 0.488. The van der Waals surface area contributed by atoms with Crippen LogP contribution in [0.2, 0.25) is 0 Å². The van der Waals surface area contributed by atoms with Gasteiger partial charge in [-0.2, -0.15) is 0 Å². The first kappa shape index (κ1) is 15.9. The molecule has 1 aromatic rings. The second kappa shape index (κ2) is 5.07. The molecule has 1 saturated heterocycles. The van der Waals surface area contributed by atoms with E-state index in [0.29, 0.717) is 0 Å². The Morgan fingerprint density at radius 3 is 2.38 bits per heavy atom. The van der Waals surface area contributed by atoms with E-state index in [9.17, 15) is 14.5 Å². The molecule has 0 radical (unpaired) electrons. The van der Waals surface area contributed by atoms with E-state index in [1.165, 1.54) is 0 Å². The van der Waals surface area contributed by atoms with Gasteiger partial charge in [-0.1, -0.05) is 13.8 Å². The maximum atomic E-state index is 13.5. The zero-order valence-corrected chi connectivity index (χ0v) is 12.8. The van der Waals surface area contributed by atoms with Crippen LogP contribution in [0.25, 0.3) is 0 Å². The summed E-state index contributed by atoms with van der Waals surface area (Å²) in [7, 11) is -0.955. The Kier molecular flexibility index (Phi) is 3.84. The Labute approximate surface area is 123 Å². The topological polar surface area (TPSA) is 61.6 Å². The molecule has 1 aliphatic rings. The molecule has 5 nitrogen and oxygen atoms in total. The van der Waals surface area contributed by atoms with Gasteiger partial charge in [0.25, 0.3) is 5.69 Å². The number of hydrogen-bond acceptors (Lipinski definition) is 4. The molecule has 1 fully saturated rings. The van der Waals surface area contributed by atoms with Crippen LogP contribution in [0.5, 0.6) is 0 Å². The van der Waals surface area contributed by atoms with Gasteiger partial charge in [-0.25, -0.2) is 4.39 Å². The molecule has 7 heteroatoms. The average Bonchev–Trinajstić information content (AvgIpc) is 2.61. The Morgan fingerprint density at radius 2 is 1.90 bits per heavy atom. The summed E-state index contributed by atoms with van der Waals surface area (Å²) >= 11 is 0. The lowest BCUT2D eigenvalue weighted by Gasteiger charge is -2.39. The SMILES string of the molecule is CC(C)C1(C)OB(c2cc(F)ccc2[N+](=O)[O-])OC1(C)C. The molecule has 114 valence electrons. The highest BCUT2D eigenvalue weighted by atomic mass is 19.1. The third-order valence-electron chi connectivity index (χ3n) is 4.49. The number of rotatable bonds is 3. The van der Waals surface area contributed by atoms with Crippen LogP contribution >= 0.6 is 0 Å². The molecular weight excluding hydrogens is 276 g/mol. The standard InChI is InChI=1S/C14H19BFNO4/c1-9(2)14(5)13(3,4)20-15(21-14)11-8-10(16)6-7-12(11)17(18)19/h6-9H,1-5H3. The van der Waals surface area contributed by atoms with E-state index < -0.39 is 29.1 Å². The van der Waals surface area contributed by atoms with Crippen molar-refractivity contribution >= 4 is 18.3 Å². The average molecular weight is 295 g/mol. The Hall–Kier alpha value is -1.47. The molecule has 1 unspecified atom stereocenters. The van der Waals surface area contributed by atoms with Gasteiger partial charge in [0.15, 0.2) is 0 Å². The third kappa shape index (κ3) is 2.56. The van der Waals surface area contributed by atoms with E-state index >= 15 is 0 Å². The lowest BCUT2D eigenvalue weighted by Crippen LogP contribution is -2.48. The van der Waals surface area contributed by atoms with E-state index in [1.807, 2.05) is 34.6 Å². The van der Waals surface area contributed by atoms with Crippen LogP contribution in [0.4, 0.5) is 10.1 Å². The maximum absolute atomic E-state index is 13.5. The van der Waals surface area contributed by atoms with Crippen molar-refractivity contribution < 1.29 is 18.6 Å². The fraction of sp³-hybridized carbons (Fsp3) is 0.571. The first-order valence-corrected chi connectivity index (χ1v) is 6.88. The van der Waals surface area contributed by atoms with Gasteiger partial charge >= 0.3 is 7.12 Å². The minimum atomic E-state index is -0.955. The summed E-state index contributed by atoms with van der Waals surface area (Å²) in [4.78, 5) is 10.6. The second-order valence-corrected chi connectivity index (χ2v) is 6.30. The summed E-state index contributed by atoms with van der Waals surface area (Å²) in [5.41, 5.74) is -1.37. The highest BCUT2D eigenvalue weighted by molar-refractivity contribution is 6.63. The molecule has 0 bridgehead atoms. The number of nitrogens with zero attached hydrogens (tertiary/aromatic N) is 1. The molecule has 0 amide bonds. The van der Waals surface area contributed by atoms with Gasteiger partial charge in [0.2, 0.25) is 0 Å². The van der Waals surface area contributed by atoms with Crippen LogP contribution < -0.4 is 5.46 Å². The summed E-state index contributed by atoms with van der Waals surface area (Å²) in [6.45, 7) is 9.64. The van der Waals surface area contributed by atoms with Crippen molar-refractivity contribution in [2.45, 2.75) is 45.8 Å². The van der Waals surface area contributed by atoms with Crippen LogP contribution in [0, 0.1) is 21.8 Å². The van der Waals surface area contributed by atoms with E-state index in [2.05, 4.69) is 0 Å². The third-order valence-corrected chi connectivity index (χ3v) is 4.49. The molecular formula is C14H19BFNO4. The van der Waals surface area contributed by atoms with Gasteiger partial charge in [0, 0.05) is 6.07 Å². The molecule has 1 atom stereocenters. The van der Waals surface area contributed by atoms with Gasteiger partial charge < -0.3 is 9.31 Å². The van der Waals surface area contributed by atoms with E-state index in [-0.39, 0.29) is 17.1 Å². The van der Waals surface area contributed by atoms with Crippen molar-refractivity contribution in [3.05, 3.63) is 34.1 Å². The Balaban J connectivity index is 2.46. The molecule has 0 N–H and O–H groups in total. The van der Waals surface area contributed by atoms with E-state index in [1.54, 1.807) is 0 Å². The van der Waals surface area contributed by atoms with Crippen molar-refractivity contribution in [1.29, 1.82) is 0 Å². The van der Waals surface area contributed by atoms with Crippen LogP contribution in [0.1, 0.15) is 34.6 Å². The summed E-state index contributed by atoms with van der Waals surface area (Å²) in [5.74, 6) is -0.427. The lowest BCUT2D eigenvalue weighted by atomic mass is 9.77. The minimum Gasteiger partial charge on any atom is -0.399 e. The van der Waals surface area contributed by atoms with Crippen LogP contribution in [-0.2, 0) is 9.31 Å². The molecule has 0 aromatic heterocycles. The van der Waals surface area contributed by atoms with Gasteiger partial charge in [-0.15, -0.1) is 0 Å². The molecule has 0 saturated carbocycles. The number of benzene rings is 1. The molecule has 21 heavy (non-hydrogen) atoms. The minimum absolute atomic E-state index is 0.109. The molecule has 1 aromatic carbocycles. The smallest absolute Gasteiger partial charge is 0.399 e. The molecule has 1 heterocycles. The first-order chi connectivity index (χ1) is 9.58. The monoisotopic (exact) mass is 295 g/mol. The Bertz CT molecular complexity index is 578. The van der Waals surface area contributed by atoms with Crippen LogP contribution in [0.3, 0.4) is 0 Å². The summed E-state index contributed by atoms with van der Waals surface area (Å²) in [6.07, 6.45) is 0. The van der Waals surface area contributed by atoms with Crippen molar-refractivity contribution in [2.75, 3.05) is 0 Å². The first-order valence-electron chi connectivity index (χ1n) is 6.88. The molecule has 2 rings (SSSR count). The number of hydrogen-bond donors (Lipinski definition) is 0.